The summed E-state index contributed by atoms with van der Waals surface area (Å²) in [6.45, 7) is 7.58. The molecule has 41 heavy (non-hydrogen) atoms. The van der Waals surface area contributed by atoms with Crippen molar-refractivity contribution in [3.8, 4) is 0 Å². The Balaban J connectivity index is 2.08. The number of rotatable bonds is 12. The molecule has 12 heteroatoms. The fraction of sp³-hybridized carbons (Fsp3) is 0.655. The molecule has 1 aliphatic rings. The van der Waals surface area contributed by atoms with Crippen LogP contribution in [0.5, 0.6) is 0 Å². The second-order valence-electron chi connectivity index (χ2n) is 10.3. The third kappa shape index (κ3) is 12.8. The molecule has 1 aromatic rings. The van der Waals surface area contributed by atoms with E-state index in [0.717, 1.165) is 19.3 Å². The van der Waals surface area contributed by atoms with Crippen LogP contribution in [0, 0.1) is 5.92 Å². The lowest BCUT2D eigenvalue weighted by atomic mass is 10.0. The van der Waals surface area contributed by atoms with Crippen molar-refractivity contribution in [3.63, 3.8) is 0 Å². The Hall–Kier alpha value is -2.73. The van der Waals surface area contributed by atoms with E-state index >= 15 is 0 Å². The summed E-state index contributed by atoms with van der Waals surface area (Å²) in [6.07, 6.45) is 9.46. The van der Waals surface area contributed by atoms with E-state index in [4.69, 9.17) is 4.74 Å². The lowest BCUT2D eigenvalue weighted by Crippen LogP contribution is -2.53. The normalized spacial score (nSPS) is 21.0. The van der Waals surface area contributed by atoms with Gasteiger partial charge >= 0.3 is 5.97 Å². The molecule has 0 saturated heterocycles. The lowest BCUT2D eigenvalue weighted by molar-refractivity contribution is -0.153. The van der Waals surface area contributed by atoms with Crippen LogP contribution in [0.1, 0.15) is 101 Å². The minimum absolute atomic E-state index is 0.116. The van der Waals surface area contributed by atoms with E-state index in [2.05, 4.69) is 27.9 Å². The molecule has 0 radical (unpaired) electrons. The van der Waals surface area contributed by atoms with E-state index in [1.165, 1.54) is 35.9 Å². The minimum atomic E-state index is -0.975. The molecule has 0 fully saturated rings. The van der Waals surface area contributed by atoms with Gasteiger partial charge in [0.25, 0.3) is 5.91 Å². The van der Waals surface area contributed by atoms with E-state index < -0.39 is 36.0 Å². The van der Waals surface area contributed by atoms with Gasteiger partial charge in [-0.3, -0.25) is 19.2 Å². The standard InChI is InChI=1S/C29H44N4O6S2/c1-5-7-8-9-10-14-25(35)40-15-12-11-13-20-16-23(34)30-17-24-31-22(18-41-24)28(37)32-21(6-2)27(36)33-26(19(3)4)29(38)39-20/h11,13,18-21,26H,5-10,12,14-17H2,1-4H3,(H,30,34)(H,32,37)(H,33,36)/b13-11+/t20-,21?,26+/m1/s1. The van der Waals surface area contributed by atoms with Gasteiger partial charge < -0.3 is 20.7 Å². The molecule has 0 saturated carbocycles. The Morgan fingerprint density at radius 2 is 1.90 bits per heavy atom. The molecule has 10 nitrogen and oxygen atoms in total. The van der Waals surface area contributed by atoms with E-state index in [9.17, 15) is 24.0 Å². The van der Waals surface area contributed by atoms with Crippen LogP contribution in [0.25, 0.3) is 0 Å². The average molecular weight is 609 g/mol. The molecule has 2 heterocycles. The highest BCUT2D eigenvalue weighted by atomic mass is 32.2. The summed E-state index contributed by atoms with van der Waals surface area (Å²) in [4.78, 5) is 67.9. The van der Waals surface area contributed by atoms with Gasteiger partial charge in [0.15, 0.2) is 5.12 Å². The summed E-state index contributed by atoms with van der Waals surface area (Å²) in [7, 11) is 0. The number of allylic oxidation sites excluding steroid dienone is 1. The van der Waals surface area contributed by atoms with E-state index in [0.29, 0.717) is 30.0 Å². The first-order chi connectivity index (χ1) is 19.6. The van der Waals surface area contributed by atoms with Crippen molar-refractivity contribution in [2.45, 2.75) is 110 Å². The number of fused-ring (bicyclic) bond motifs is 2. The molecule has 0 spiro atoms. The van der Waals surface area contributed by atoms with Gasteiger partial charge in [0.2, 0.25) is 11.8 Å². The fourth-order valence-electron chi connectivity index (χ4n) is 4.07. The van der Waals surface area contributed by atoms with Crippen molar-refractivity contribution in [2.24, 2.45) is 5.92 Å². The third-order valence-electron chi connectivity index (χ3n) is 6.51. The van der Waals surface area contributed by atoms with Gasteiger partial charge in [0.05, 0.1) is 13.0 Å². The van der Waals surface area contributed by atoms with Crippen molar-refractivity contribution in [3.05, 3.63) is 28.2 Å². The number of ether oxygens (including phenoxy) is 1. The predicted molar refractivity (Wildman–Crippen MR) is 161 cm³/mol. The highest BCUT2D eigenvalue weighted by molar-refractivity contribution is 8.13. The van der Waals surface area contributed by atoms with Crippen LogP contribution in [-0.2, 0) is 30.5 Å². The molecule has 228 valence electrons. The Labute approximate surface area is 251 Å². The maximum absolute atomic E-state index is 13.2. The molecule has 2 bridgehead atoms. The van der Waals surface area contributed by atoms with Crippen molar-refractivity contribution in [1.82, 2.24) is 20.9 Å². The van der Waals surface area contributed by atoms with Crippen LogP contribution in [0.2, 0.25) is 0 Å². The van der Waals surface area contributed by atoms with E-state index in [1.54, 1.807) is 32.2 Å². The smallest absolute Gasteiger partial charge is 0.329 e. The maximum atomic E-state index is 13.2. The van der Waals surface area contributed by atoms with Gasteiger partial charge in [-0.15, -0.1) is 11.3 Å². The zero-order chi connectivity index (χ0) is 30.2. The third-order valence-corrected chi connectivity index (χ3v) is 8.32. The number of thioether (sulfide) groups is 1. The minimum Gasteiger partial charge on any atom is -0.456 e. The summed E-state index contributed by atoms with van der Waals surface area (Å²) < 4.78 is 5.70. The SMILES string of the molecule is CCCCCCCC(=O)SCC/C=C/[C@@H]1CC(=O)NCc2nc(cs2)C(=O)NC(CC)C(=O)N[C@@H](C(C)C)C(=O)O1. The molecule has 3 amide bonds. The monoisotopic (exact) mass is 608 g/mol. The van der Waals surface area contributed by atoms with Gasteiger partial charge in [-0.2, -0.15) is 0 Å². The number of hydrogen-bond acceptors (Lipinski definition) is 9. The highest BCUT2D eigenvalue weighted by Gasteiger charge is 2.31. The number of carbonyl (C=O) groups excluding carboxylic acids is 5. The summed E-state index contributed by atoms with van der Waals surface area (Å²) in [5.74, 6) is -1.74. The molecular formula is C29H44N4O6S2. The number of hydrogen-bond donors (Lipinski definition) is 3. The van der Waals surface area contributed by atoms with Crippen LogP contribution >= 0.6 is 23.1 Å². The second-order valence-corrected chi connectivity index (χ2v) is 12.4. The van der Waals surface area contributed by atoms with E-state index in [1.807, 2.05) is 6.08 Å². The Morgan fingerprint density at radius 1 is 1.15 bits per heavy atom. The molecule has 0 aliphatic carbocycles. The molecule has 1 aromatic heterocycles. The first-order valence-electron chi connectivity index (χ1n) is 14.5. The van der Waals surface area contributed by atoms with Crippen molar-refractivity contribution < 1.29 is 28.7 Å². The summed E-state index contributed by atoms with van der Waals surface area (Å²) in [5, 5.41) is 10.4. The number of amides is 3. The average Bonchev–Trinajstić information content (AvgIpc) is 3.41. The van der Waals surface area contributed by atoms with E-state index in [-0.39, 0.29) is 35.6 Å². The largest absolute Gasteiger partial charge is 0.456 e. The van der Waals surface area contributed by atoms with Crippen LogP contribution in [-0.4, -0.2) is 57.7 Å². The van der Waals surface area contributed by atoms with Crippen LogP contribution in [0.3, 0.4) is 0 Å². The molecule has 3 N–H and O–H groups in total. The quantitative estimate of drug-likeness (QED) is 0.181. The van der Waals surface area contributed by atoms with Gasteiger partial charge in [-0.25, -0.2) is 9.78 Å². The number of nitrogens with zero attached hydrogens (tertiary/aromatic N) is 1. The first-order valence-corrected chi connectivity index (χ1v) is 16.4. The van der Waals surface area contributed by atoms with Gasteiger partial charge in [-0.05, 0) is 31.3 Å². The van der Waals surface area contributed by atoms with Gasteiger partial charge in [0.1, 0.15) is 28.9 Å². The van der Waals surface area contributed by atoms with Crippen molar-refractivity contribution in [1.29, 1.82) is 0 Å². The van der Waals surface area contributed by atoms with Gasteiger partial charge in [0, 0.05) is 17.6 Å². The lowest BCUT2D eigenvalue weighted by Gasteiger charge is -2.25. The molecule has 0 aromatic carbocycles. The molecule has 1 unspecified atom stereocenters. The number of nitrogens with one attached hydrogen (secondary N) is 3. The number of aromatic nitrogens is 1. The predicted octanol–water partition coefficient (Wildman–Crippen LogP) is 4.29. The summed E-state index contributed by atoms with van der Waals surface area (Å²) in [5.41, 5.74) is 0.158. The number of thiazole rings is 1. The Kier molecular flexibility index (Phi) is 15.7. The number of carbonyl (C=O) groups is 5. The zero-order valence-corrected chi connectivity index (χ0v) is 26.2. The first kappa shape index (κ1) is 34.5. The fourth-order valence-corrected chi connectivity index (χ4v) is 5.55. The number of esters is 1. The highest BCUT2D eigenvalue weighted by Crippen LogP contribution is 2.15. The second kappa shape index (κ2) is 18.7. The summed E-state index contributed by atoms with van der Waals surface area (Å²) >= 11 is 2.52. The number of unbranched alkanes of at least 4 members (excludes halogenated alkanes) is 4. The number of cyclic esters (lactones) is 1. The Bertz CT molecular complexity index is 1060. The molecular weight excluding hydrogens is 564 g/mol. The topological polar surface area (TPSA) is 144 Å². The molecule has 1 aliphatic heterocycles. The zero-order valence-electron chi connectivity index (χ0n) is 24.5. The van der Waals surface area contributed by atoms with Crippen LogP contribution < -0.4 is 16.0 Å². The van der Waals surface area contributed by atoms with Crippen molar-refractivity contribution >= 4 is 51.9 Å². The Morgan fingerprint density at radius 3 is 2.61 bits per heavy atom. The van der Waals surface area contributed by atoms with Crippen molar-refractivity contribution in [2.75, 3.05) is 5.75 Å². The van der Waals surface area contributed by atoms with Crippen LogP contribution in [0.4, 0.5) is 0 Å². The van der Waals surface area contributed by atoms with Crippen LogP contribution in [0.15, 0.2) is 17.5 Å². The van der Waals surface area contributed by atoms with Gasteiger partial charge in [-0.1, -0.05) is 71.2 Å². The molecule has 2 rings (SSSR count). The molecule has 3 atom stereocenters. The maximum Gasteiger partial charge on any atom is 0.329 e. The summed E-state index contributed by atoms with van der Waals surface area (Å²) in [6, 6.07) is -1.83.